The Hall–Kier alpha value is -3.30. The van der Waals surface area contributed by atoms with E-state index in [2.05, 4.69) is 29.8 Å². The normalized spacial score (nSPS) is 13.9. The molecule has 0 atom stereocenters. The smallest absolute Gasteiger partial charge is 0.255 e. The van der Waals surface area contributed by atoms with E-state index in [-0.39, 0.29) is 11.4 Å². The van der Waals surface area contributed by atoms with E-state index in [1.165, 1.54) is 18.5 Å². The van der Waals surface area contributed by atoms with Gasteiger partial charge >= 0.3 is 0 Å². The van der Waals surface area contributed by atoms with Crippen LogP contribution in [0.2, 0.25) is 0 Å². The summed E-state index contributed by atoms with van der Waals surface area (Å²) in [6.07, 6.45) is 7.26. The highest BCUT2D eigenvalue weighted by atomic mass is 32.1. The van der Waals surface area contributed by atoms with Gasteiger partial charge in [-0.15, -0.1) is 11.3 Å². The number of benzene rings is 1. The molecule has 7 nitrogen and oxygen atoms in total. The van der Waals surface area contributed by atoms with E-state index in [0.717, 1.165) is 27.7 Å². The van der Waals surface area contributed by atoms with E-state index in [9.17, 15) is 9.18 Å². The van der Waals surface area contributed by atoms with Gasteiger partial charge in [0.15, 0.2) is 0 Å². The van der Waals surface area contributed by atoms with Gasteiger partial charge < -0.3 is 4.98 Å². The molecule has 0 unspecified atom stereocenters. The molecular weight excluding hydrogens is 403 g/mol. The number of hydrogen-bond acceptors (Lipinski definition) is 7. The molecule has 0 amide bonds. The molecule has 1 aromatic carbocycles. The average molecular weight is 420 g/mol. The molecule has 0 aliphatic carbocycles. The molecule has 30 heavy (non-hydrogen) atoms. The summed E-state index contributed by atoms with van der Waals surface area (Å²) >= 11 is 1.58. The van der Waals surface area contributed by atoms with Crippen molar-refractivity contribution < 1.29 is 4.39 Å². The summed E-state index contributed by atoms with van der Waals surface area (Å²) < 4.78 is 13.1. The van der Waals surface area contributed by atoms with Crippen molar-refractivity contribution in [2.75, 3.05) is 6.54 Å². The highest BCUT2D eigenvalue weighted by Gasteiger charge is 2.22. The predicted molar refractivity (Wildman–Crippen MR) is 111 cm³/mol. The number of thiazole rings is 1. The molecule has 9 heteroatoms. The van der Waals surface area contributed by atoms with Gasteiger partial charge in [0.25, 0.3) is 5.56 Å². The van der Waals surface area contributed by atoms with E-state index in [0.29, 0.717) is 36.5 Å². The molecule has 0 spiro atoms. The Bertz CT molecular complexity index is 1240. The molecular formula is C21H17FN6OS. The molecule has 4 heterocycles. The Balaban J connectivity index is 1.33. The maximum atomic E-state index is 13.1. The van der Waals surface area contributed by atoms with Gasteiger partial charge in [-0.25, -0.2) is 24.3 Å². The van der Waals surface area contributed by atoms with E-state index < -0.39 is 0 Å². The summed E-state index contributed by atoms with van der Waals surface area (Å²) in [5.74, 6) is 0.239. The highest BCUT2D eigenvalue weighted by molar-refractivity contribution is 7.15. The van der Waals surface area contributed by atoms with Crippen LogP contribution in [0, 0.1) is 5.82 Å². The first-order valence-corrected chi connectivity index (χ1v) is 10.3. The molecule has 0 radical (unpaired) electrons. The number of aromatic nitrogens is 5. The fraction of sp³-hybridized carbons (Fsp3) is 0.190. The van der Waals surface area contributed by atoms with Crippen molar-refractivity contribution in [1.29, 1.82) is 0 Å². The highest BCUT2D eigenvalue weighted by Crippen LogP contribution is 2.27. The zero-order valence-electron chi connectivity index (χ0n) is 15.9. The summed E-state index contributed by atoms with van der Waals surface area (Å²) in [5.41, 5.74) is 2.99. The zero-order chi connectivity index (χ0) is 20.5. The van der Waals surface area contributed by atoms with Gasteiger partial charge in [-0.3, -0.25) is 9.69 Å². The van der Waals surface area contributed by atoms with Gasteiger partial charge in [-0.2, -0.15) is 0 Å². The Morgan fingerprint density at radius 2 is 1.90 bits per heavy atom. The predicted octanol–water partition coefficient (Wildman–Crippen LogP) is 3.05. The van der Waals surface area contributed by atoms with Gasteiger partial charge in [0.2, 0.25) is 0 Å². The topological polar surface area (TPSA) is 87.7 Å². The lowest BCUT2D eigenvalue weighted by Crippen LogP contribution is -2.35. The third kappa shape index (κ3) is 3.77. The van der Waals surface area contributed by atoms with Crippen molar-refractivity contribution in [3.63, 3.8) is 0 Å². The van der Waals surface area contributed by atoms with Crippen LogP contribution < -0.4 is 5.56 Å². The van der Waals surface area contributed by atoms with Gasteiger partial charge in [0, 0.05) is 55.1 Å². The Labute approximate surface area is 175 Å². The van der Waals surface area contributed by atoms with Crippen LogP contribution in [0.1, 0.15) is 16.1 Å². The average Bonchev–Trinajstić information content (AvgIpc) is 3.23. The molecule has 5 rings (SSSR count). The first kappa shape index (κ1) is 18.7. The number of H-pyrrole nitrogens is 1. The van der Waals surface area contributed by atoms with Crippen LogP contribution in [-0.4, -0.2) is 36.4 Å². The van der Waals surface area contributed by atoms with Gasteiger partial charge in [-0.1, -0.05) is 0 Å². The number of halogens is 1. The SMILES string of the molecule is O=c1[nH]c(-c2cncnc2)nc2c1CN(Cc1cnc(-c3ccc(F)cc3)s1)CC2. The van der Waals surface area contributed by atoms with Crippen LogP contribution in [0.25, 0.3) is 22.0 Å². The molecule has 4 aromatic rings. The second kappa shape index (κ2) is 7.85. The van der Waals surface area contributed by atoms with Crippen LogP contribution in [0.4, 0.5) is 4.39 Å². The molecule has 1 N–H and O–H groups in total. The minimum absolute atomic E-state index is 0.125. The molecule has 1 aliphatic rings. The lowest BCUT2D eigenvalue weighted by Gasteiger charge is -2.27. The summed E-state index contributed by atoms with van der Waals surface area (Å²) in [7, 11) is 0. The molecule has 0 bridgehead atoms. The van der Waals surface area contributed by atoms with Crippen LogP contribution in [0.5, 0.6) is 0 Å². The monoisotopic (exact) mass is 420 g/mol. The number of rotatable bonds is 4. The van der Waals surface area contributed by atoms with Crippen molar-refractivity contribution >= 4 is 11.3 Å². The Morgan fingerprint density at radius 3 is 2.70 bits per heavy atom. The summed E-state index contributed by atoms with van der Waals surface area (Å²) in [6, 6.07) is 6.34. The van der Waals surface area contributed by atoms with Crippen molar-refractivity contribution in [2.45, 2.75) is 19.5 Å². The lowest BCUT2D eigenvalue weighted by atomic mass is 10.1. The molecule has 150 valence electrons. The van der Waals surface area contributed by atoms with Crippen LogP contribution in [0.3, 0.4) is 0 Å². The fourth-order valence-corrected chi connectivity index (χ4v) is 4.46. The van der Waals surface area contributed by atoms with E-state index in [4.69, 9.17) is 0 Å². The maximum Gasteiger partial charge on any atom is 0.255 e. The standard InChI is InChI=1S/C21H17FN6OS/c22-15-3-1-13(2-4-15)21-25-9-16(30-21)10-28-6-5-18-17(11-28)20(29)27-19(26-18)14-7-23-12-24-8-14/h1-4,7-9,12H,5-6,10-11H2,(H,26,27,29). The number of hydrogen-bond donors (Lipinski definition) is 1. The van der Waals surface area contributed by atoms with Crippen LogP contribution >= 0.6 is 11.3 Å². The number of aromatic amines is 1. The largest absolute Gasteiger partial charge is 0.306 e. The minimum Gasteiger partial charge on any atom is -0.306 e. The lowest BCUT2D eigenvalue weighted by molar-refractivity contribution is 0.244. The molecule has 0 fully saturated rings. The Kier molecular flexibility index (Phi) is 4.89. The summed E-state index contributed by atoms with van der Waals surface area (Å²) in [4.78, 5) is 35.9. The van der Waals surface area contributed by atoms with Crippen LogP contribution in [0.15, 0.2) is 54.0 Å². The fourth-order valence-electron chi connectivity index (χ4n) is 3.50. The number of fused-ring (bicyclic) bond motifs is 1. The van der Waals surface area contributed by atoms with Gasteiger partial charge in [0.1, 0.15) is 23.0 Å². The Morgan fingerprint density at radius 1 is 1.10 bits per heavy atom. The van der Waals surface area contributed by atoms with Gasteiger partial charge in [-0.05, 0) is 24.3 Å². The quantitative estimate of drug-likeness (QED) is 0.546. The second-order valence-corrected chi connectivity index (χ2v) is 8.18. The van der Waals surface area contributed by atoms with E-state index in [1.54, 1.807) is 35.9 Å². The van der Waals surface area contributed by atoms with Crippen LogP contribution in [-0.2, 0) is 19.5 Å². The van der Waals surface area contributed by atoms with Crippen molar-refractivity contribution in [1.82, 2.24) is 29.8 Å². The second-order valence-electron chi connectivity index (χ2n) is 7.07. The van der Waals surface area contributed by atoms with Crippen molar-refractivity contribution in [3.8, 4) is 22.0 Å². The summed E-state index contributed by atoms with van der Waals surface area (Å²) in [5, 5.41) is 0.858. The molecule has 3 aromatic heterocycles. The molecule has 0 saturated heterocycles. The minimum atomic E-state index is -0.260. The maximum absolute atomic E-state index is 13.1. The van der Waals surface area contributed by atoms with Crippen molar-refractivity contribution in [3.05, 3.63) is 81.5 Å². The zero-order valence-corrected chi connectivity index (χ0v) is 16.7. The first-order valence-electron chi connectivity index (χ1n) is 9.46. The molecule has 1 aliphatic heterocycles. The number of nitrogens with zero attached hydrogens (tertiary/aromatic N) is 5. The molecule has 0 saturated carbocycles. The summed E-state index contributed by atoms with van der Waals surface area (Å²) in [6.45, 7) is 2.04. The van der Waals surface area contributed by atoms with Crippen molar-refractivity contribution in [2.24, 2.45) is 0 Å². The third-order valence-corrected chi connectivity index (χ3v) is 6.04. The van der Waals surface area contributed by atoms with E-state index >= 15 is 0 Å². The first-order chi connectivity index (χ1) is 14.7. The third-order valence-electron chi connectivity index (χ3n) is 5.01. The van der Waals surface area contributed by atoms with Gasteiger partial charge in [0.05, 0.1) is 16.8 Å². The van der Waals surface area contributed by atoms with E-state index in [1.807, 2.05) is 6.20 Å². The number of nitrogens with one attached hydrogen (secondary N) is 1.